The zero-order valence-electron chi connectivity index (χ0n) is 15.8. The highest BCUT2D eigenvalue weighted by Gasteiger charge is 2.30. The fourth-order valence-electron chi connectivity index (χ4n) is 4.04. The molecule has 5 heteroatoms. The van der Waals surface area contributed by atoms with Crippen molar-refractivity contribution in [3.63, 3.8) is 0 Å². The lowest BCUT2D eigenvalue weighted by molar-refractivity contribution is -0.130. The van der Waals surface area contributed by atoms with Gasteiger partial charge in [-0.2, -0.15) is 0 Å². The van der Waals surface area contributed by atoms with Crippen molar-refractivity contribution in [2.24, 2.45) is 0 Å². The van der Waals surface area contributed by atoms with Crippen molar-refractivity contribution in [1.82, 2.24) is 19.4 Å². The van der Waals surface area contributed by atoms with Gasteiger partial charge in [0.1, 0.15) is 11.3 Å². The zero-order chi connectivity index (χ0) is 18.6. The van der Waals surface area contributed by atoms with Gasteiger partial charge < -0.3 is 9.47 Å². The third-order valence-electron chi connectivity index (χ3n) is 5.45. The van der Waals surface area contributed by atoms with E-state index in [0.717, 1.165) is 55.9 Å². The van der Waals surface area contributed by atoms with Gasteiger partial charge in [-0.15, -0.1) is 0 Å². The van der Waals surface area contributed by atoms with E-state index >= 15 is 0 Å². The number of hydrogen-bond acceptors (Lipinski definition) is 3. The first-order valence-corrected chi connectivity index (χ1v) is 9.89. The van der Waals surface area contributed by atoms with Gasteiger partial charge in [0.05, 0.1) is 0 Å². The summed E-state index contributed by atoms with van der Waals surface area (Å²) >= 11 is 0. The van der Waals surface area contributed by atoms with Crippen molar-refractivity contribution in [3.05, 3.63) is 60.0 Å². The lowest BCUT2D eigenvalue weighted by atomic mass is 10.1. The van der Waals surface area contributed by atoms with Crippen LogP contribution in [0.4, 0.5) is 0 Å². The molecule has 0 N–H and O–H groups in total. The van der Waals surface area contributed by atoms with Crippen LogP contribution in [0.2, 0.25) is 0 Å². The molecule has 0 bridgehead atoms. The second-order valence-electron chi connectivity index (χ2n) is 7.22. The van der Waals surface area contributed by atoms with Crippen LogP contribution in [-0.2, 0) is 17.8 Å². The molecule has 27 heavy (non-hydrogen) atoms. The number of likely N-dealkylation sites (tertiary alicyclic amines) is 1. The number of rotatable bonds is 6. The molecular formula is C22H26N4O. The summed E-state index contributed by atoms with van der Waals surface area (Å²) in [5.74, 6) is 1.65. The number of hydrogen-bond donors (Lipinski definition) is 0. The molecule has 2 aromatic heterocycles. The van der Waals surface area contributed by atoms with Gasteiger partial charge in [-0.1, -0.05) is 30.3 Å². The largest absolute Gasteiger partial charge is 0.342 e. The topological polar surface area (TPSA) is 51.0 Å². The third-order valence-corrected chi connectivity index (χ3v) is 5.45. The smallest absolute Gasteiger partial charge is 0.222 e. The minimum absolute atomic E-state index is 0.269. The third kappa shape index (κ3) is 3.72. The number of pyridine rings is 1. The molecule has 3 aromatic rings. The van der Waals surface area contributed by atoms with E-state index in [2.05, 4.69) is 40.7 Å². The van der Waals surface area contributed by atoms with Crippen LogP contribution >= 0.6 is 0 Å². The summed E-state index contributed by atoms with van der Waals surface area (Å²) in [7, 11) is 0. The second-order valence-corrected chi connectivity index (χ2v) is 7.22. The second kappa shape index (κ2) is 7.91. The minimum atomic E-state index is 0.269. The normalized spacial score (nSPS) is 16.9. The van der Waals surface area contributed by atoms with Crippen LogP contribution < -0.4 is 0 Å². The molecule has 1 aliphatic rings. The van der Waals surface area contributed by atoms with Crippen molar-refractivity contribution >= 4 is 17.1 Å². The molecule has 0 aliphatic carbocycles. The molecule has 0 saturated carbocycles. The molecule has 1 unspecified atom stereocenters. The Balaban J connectivity index is 1.38. The van der Waals surface area contributed by atoms with Crippen molar-refractivity contribution in [2.45, 2.75) is 45.1 Å². The maximum absolute atomic E-state index is 12.6. The Labute approximate surface area is 160 Å². The summed E-state index contributed by atoms with van der Waals surface area (Å²) in [6, 6.07) is 14.3. The van der Waals surface area contributed by atoms with Crippen molar-refractivity contribution in [2.75, 3.05) is 13.1 Å². The number of nitrogens with zero attached hydrogens (tertiary/aromatic N) is 4. The summed E-state index contributed by atoms with van der Waals surface area (Å²) in [5, 5.41) is 0. The Kier molecular flexibility index (Phi) is 5.19. The number of carbonyl (C=O) groups excluding carboxylic acids is 1. The lowest BCUT2D eigenvalue weighted by Crippen LogP contribution is -2.28. The fraction of sp³-hybridized carbons (Fsp3) is 0.409. The van der Waals surface area contributed by atoms with Crippen LogP contribution in [0.3, 0.4) is 0 Å². The molecule has 0 spiro atoms. The molecule has 1 fully saturated rings. The first-order valence-electron chi connectivity index (χ1n) is 9.89. The number of amides is 1. The van der Waals surface area contributed by atoms with Gasteiger partial charge in [0.15, 0.2) is 5.65 Å². The Morgan fingerprint density at radius 1 is 1.19 bits per heavy atom. The van der Waals surface area contributed by atoms with Crippen LogP contribution in [0, 0.1) is 0 Å². The van der Waals surface area contributed by atoms with Gasteiger partial charge >= 0.3 is 0 Å². The van der Waals surface area contributed by atoms with Gasteiger partial charge in [0, 0.05) is 38.2 Å². The number of benzene rings is 1. The maximum Gasteiger partial charge on any atom is 0.222 e. The van der Waals surface area contributed by atoms with Gasteiger partial charge in [-0.3, -0.25) is 4.79 Å². The van der Waals surface area contributed by atoms with E-state index in [1.54, 1.807) is 0 Å². The number of aryl methyl sites for hydroxylation is 2. The number of fused-ring (bicyclic) bond motifs is 1. The molecule has 140 valence electrons. The Hall–Kier alpha value is -2.69. The first kappa shape index (κ1) is 17.7. The Bertz CT molecular complexity index is 918. The lowest BCUT2D eigenvalue weighted by Gasteiger charge is -2.17. The summed E-state index contributed by atoms with van der Waals surface area (Å²) in [6.45, 7) is 4.58. The van der Waals surface area contributed by atoms with Crippen molar-refractivity contribution in [3.8, 4) is 0 Å². The van der Waals surface area contributed by atoms with Gasteiger partial charge in [0.25, 0.3) is 0 Å². The van der Waals surface area contributed by atoms with Crippen LogP contribution in [0.25, 0.3) is 11.2 Å². The van der Waals surface area contributed by atoms with Gasteiger partial charge in [0.2, 0.25) is 5.91 Å². The minimum Gasteiger partial charge on any atom is -0.342 e. The average molecular weight is 362 g/mol. The molecule has 0 radical (unpaired) electrons. The van der Waals surface area contributed by atoms with Crippen LogP contribution in [0.5, 0.6) is 0 Å². The highest BCUT2D eigenvalue weighted by molar-refractivity contribution is 5.76. The quantitative estimate of drug-likeness (QED) is 0.670. The fourth-order valence-corrected chi connectivity index (χ4v) is 4.04. The van der Waals surface area contributed by atoms with Crippen molar-refractivity contribution < 1.29 is 4.79 Å². The molecular weight excluding hydrogens is 336 g/mol. The van der Waals surface area contributed by atoms with E-state index in [0.29, 0.717) is 12.3 Å². The number of imidazole rings is 1. The van der Waals surface area contributed by atoms with Crippen molar-refractivity contribution in [1.29, 1.82) is 0 Å². The number of aromatic nitrogens is 3. The van der Waals surface area contributed by atoms with E-state index in [-0.39, 0.29) is 5.91 Å². The zero-order valence-corrected chi connectivity index (χ0v) is 15.8. The Morgan fingerprint density at radius 2 is 2.04 bits per heavy atom. The van der Waals surface area contributed by atoms with Gasteiger partial charge in [-0.25, -0.2) is 9.97 Å². The molecule has 1 amide bonds. The summed E-state index contributed by atoms with van der Waals surface area (Å²) < 4.78 is 2.20. The monoisotopic (exact) mass is 362 g/mol. The standard InChI is InChI=1S/C22H26N4O/c1-2-26-21(24-19-11-7-14-23-22(19)26)18-13-15-25(16-18)20(27)12-6-10-17-8-4-3-5-9-17/h3-5,7-9,11,14,18H,2,6,10,12-13,15-16H2,1H3. The van der Waals surface area contributed by atoms with Gasteiger partial charge in [-0.05, 0) is 43.9 Å². The molecule has 1 saturated heterocycles. The maximum atomic E-state index is 12.6. The van der Waals surface area contributed by atoms with E-state index in [1.807, 2.05) is 29.3 Å². The molecule has 1 atom stereocenters. The predicted octanol–water partition coefficient (Wildman–Crippen LogP) is 3.79. The molecule has 3 heterocycles. The number of carbonyl (C=O) groups is 1. The average Bonchev–Trinajstić information content (AvgIpc) is 3.33. The predicted molar refractivity (Wildman–Crippen MR) is 107 cm³/mol. The SMILES string of the molecule is CCn1c(C2CCN(C(=O)CCCc3ccccc3)C2)nc2cccnc21. The van der Waals surface area contributed by atoms with E-state index in [9.17, 15) is 4.79 Å². The Morgan fingerprint density at radius 3 is 2.85 bits per heavy atom. The molecule has 4 rings (SSSR count). The molecule has 1 aliphatic heterocycles. The summed E-state index contributed by atoms with van der Waals surface area (Å²) in [5.41, 5.74) is 3.19. The first-order chi connectivity index (χ1) is 13.3. The van der Waals surface area contributed by atoms with E-state index in [4.69, 9.17) is 4.98 Å². The van der Waals surface area contributed by atoms with Crippen LogP contribution in [-0.4, -0.2) is 38.4 Å². The van der Waals surface area contributed by atoms with E-state index < -0.39 is 0 Å². The van der Waals surface area contributed by atoms with Crippen LogP contribution in [0.15, 0.2) is 48.7 Å². The molecule has 5 nitrogen and oxygen atoms in total. The highest BCUT2D eigenvalue weighted by atomic mass is 16.2. The van der Waals surface area contributed by atoms with E-state index in [1.165, 1.54) is 5.56 Å². The summed E-state index contributed by atoms with van der Waals surface area (Å²) in [6.07, 6.45) is 5.28. The summed E-state index contributed by atoms with van der Waals surface area (Å²) in [4.78, 5) is 24.0. The van der Waals surface area contributed by atoms with Crippen LogP contribution in [0.1, 0.15) is 43.5 Å². The highest BCUT2D eigenvalue weighted by Crippen LogP contribution is 2.29. The molecule has 1 aromatic carbocycles.